The van der Waals surface area contributed by atoms with Crippen LogP contribution in [0.2, 0.25) is 0 Å². The van der Waals surface area contributed by atoms with Gasteiger partial charge in [-0.05, 0) is 34.6 Å². The molecule has 0 fully saturated rings. The molecule has 0 spiro atoms. The maximum Gasteiger partial charge on any atom is 0.333 e. The van der Waals surface area contributed by atoms with Crippen LogP contribution in [0.15, 0.2) is 17.1 Å². The molecule has 0 amide bonds. The van der Waals surface area contributed by atoms with Gasteiger partial charge in [-0.1, -0.05) is 6.58 Å². The zero-order valence-corrected chi connectivity index (χ0v) is 10.6. The number of hydrogen-bond donors (Lipinski definition) is 0. The van der Waals surface area contributed by atoms with Gasteiger partial charge in [0.15, 0.2) is 0 Å². The van der Waals surface area contributed by atoms with Crippen LogP contribution in [0.5, 0.6) is 0 Å². The summed E-state index contributed by atoms with van der Waals surface area (Å²) in [6.45, 7) is 12.2. The summed E-state index contributed by atoms with van der Waals surface area (Å²) in [5.41, 5.74) is -0.940. The van der Waals surface area contributed by atoms with Gasteiger partial charge in [0.1, 0.15) is 5.60 Å². The molecule has 0 aromatic carbocycles. The number of nitrogens with zero attached hydrogens (tertiary/aromatic N) is 1. The minimum Gasteiger partial charge on any atom is -0.456 e. The second-order valence-corrected chi connectivity index (χ2v) is 5.12. The third kappa shape index (κ3) is 5.47. The number of hydrogen-bond acceptors (Lipinski definition) is 4. The third-order valence-corrected chi connectivity index (χ3v) is 1.92. The number of ether oxygens (including phenoxy) is 1. The summed E-state index contributed by atoms with van der Waals surface area (Å²) in [4.78, 5) is 25.3. The molecule has 0 aromatic heterocycles. The summed E-state index contributed by atoms with van der Waals surface area (Å²) in [6, 6.07) is 0. The summed E-state index contributed by atoms with van der Waals surface area (Å²) in [7, 11) is 0. The van der Waals surface area contributed by atoms with Crippen molar-refractivity contribution in [1.82, 2.24) is 0 Å². The van der Waals surface area contributed by atoms with Gasteiger partial charge in [0.2, 0.25) is 6.08 Å². The standard InChI is InChI=1S/C12H19NO3/c1-9(2)10(15)16-12(5,6)7-11(3,4)13-8-14/h1,7H2,2-6H3. The monoisotopic (exact) mass is 225 g/mol. The average Bonchev–Trinajstić information content (AvgIpc) is 1.99. The number of carbonyl (C=O) groups excluding carboxylic acids is 2. The smallest absolute Gasteiger partial charge is 0.333 e. The van der Waals surface area contributed by atoms with E-state index in [1.54, 1.807) is 34.6 Å². The molecule has 0 heterocycles. The predicted molar refractivity (Wildman–Crippen MR) is 61.8 cm³/mol. The van der Waals surface area contributed by atoms with E-state index >= 15 is 0 Å². The fourth-order valence-corrected chi connectivity index (χ4v) is 1.58. The van der Waals surface area contributed by atoms with Crippen molar-refractivity contribution in [2.45, 2.75) is 52.2 Å². The van der Waals surface area contributed by atoms with Crippen LogP contribution in [0.25, 0.3) is 0 Å². The quantitative estimate of drug-likeness (QED) is 0.312. The Labute approximate surface area is 96.4 Å². The van der Waals surface area contributed by atoms with E-state index in [2.05, 4.69) is 11.6 Å². The molecule has 0 N–H and O–H groups in total. The van der Waals surface area contributed by atoms with Gasteiger partial charge in [0.05, 0.1) is 5.54 Å². The summed E-state index contributed by atoms with van der Waals surface area (Å²) in [6.07, 6.45) is 1.96. The van der Waals surface area contributed by atoms with Crippen LogP contribution >= 0.6 is 0 Å². The predicted octanol–water partition coefficient (Wildman–Crippen LogP) is 2.39. The second kappa shape index (κ2) is 5.08. The fraction of sp³-hybridized carbons (Fsp3) is 0.667. The zero-order valence-electron chi connectivity index (χ0n) is 10.6. The Balaban J connectivity index is 4.63. The first-order chi connectivity index (χ1) is 7.09. The van der Waals surface area contributed by atoms with Crippen molar-refractivity contribution in [3.8, 4) is 0 Å². The molecule has 4 heteroatoms. The normalized spacial score (nSPS) is 11.6. The summed E-state index contributed by atoms with van der Waals surface area (Å²) < 4.78 is 5.25. The van der Waals surface area contributed by atoms with E-state index in [1.807, 2.05) is 0 Å². The molecular formula is C12H19NO3. The Hall–Kier alpha value is -1.41. The van der Waals surface area contributed by atoms with Crippen molar-refractivity contribution in [1.29, 1.82) is 0 Å². The average molecular weight is 225 g/mol. The van der Waals surface area contributed by atoms with Gasteiger partial charge in [-0.2, -0.15) is 4.99 Å². The van der Waals surface area contributed by atoms with Crippen LogP contribution in [0.4, 0.5) is 0 Å². The van der Waals surface area contributed by atoms with Crippen molar-refractivity contribution >= 4 is 12.0 Å². The molecular weight excluding hydrogens is 206 g/mol. The molecule has 0 saturated heterocycles. The lowest BCUT2D eigenvalue weighted by atomic mass is 9.90. The van der Waals surface area contributed by atoms with Crippen LogP contribution in [-0.4, -0.2) is 23.2 Å². The fourth-order valence-electron chi connectivity index (χ4n) is 1.58. The van der Waals surface area contributed by atoms with E-state index in [0.717, 1.165) is 0 Å². The molecule has 0 unspecified atom stereocenters. The van der Waals surface area contributed by atoms with Gasteiger partial charge < -0.3 is 4.74 Å². The molecule has 0 aromatic rings. The van der Waals surface area contributed by atoms with Crippen molar-refractivity contribution in [3.63, 3.8) is 0 Å². The van der Waals surface area contributed by atoms with E-state index in [0.29, 0.717) is 12.0 Å². The van der Waals surface area contributed by atoms with Gasteiger partial charge in [0.25, 0.3) is 0 Å². The Morgan fingerprint density at radius 1 is 1.38 bits per heavy atom. The molecule has 0 aliphatic rings. The maximum atomic E-state index is 11.4. The van der Waals surface area contributed by atoms with Gasteiger partial charge in [-0.3, -0.25) is 0 Å². The lowest BCUT2D eigenvalue weighted by molar-refractivity contribution is -0.152. The lowest BCUT2D eigenvalue weighted by Gasteiger charge is -2.31. The number of esters is 1. The minimum atomic E-state index is -0.695. The molecule has 0 bridgehead atoms. The number of isocyanates is 1. The first kappa shape index (κ1) is 14.6. The highest BCUT2D eigenvalue weighted by Gasteiger charge is 2.31. The lowest BCUT2D eigenvalue weighted by Crippen LogP contribution is -2.36. The third-order valence-electron chi connectivity index (χ3n) is 1.92. The van der Waals surface area contributed by atoms with Gasteiger partial charge in [-0.25, -0.2) is 9.59 Å². The van der Waals surface area contributed by atoms with Crippen molar-refractivity contribution in [2.75, 3.05) is 0 Å². The Bertz CT molecular complexity index is 336. The van der Waals surface area contributed by atoms with Crippen molar-refractivity contribution in [3.05, 3.63) is 12.2 Å². The van der Waals surface area contributed by atoms with Crippen molar-refractivity contribution < 1.29 is 14.3 Å². The van der Waals surface area contributed by atoms with E-state index in [4.69, 9.17) is 4.74 Å². The zero-order chi connectivity index (χ0) is 13.0. The summed E-state index contributed by atoms with van der Waals surface area (Å²) in [5, 5.41) is 0. The molecule has 16 heavy (non-hydrogen) atoms. The van der Waals surface area contributed by atoms with Gasteiger partial charge in [0, 0.05) is 12.0 Å². The molecule has 4 nitrogen and oxygen atoms in total. The van der Waals surface area contributed by atoms with E-state index < -0.39 is 17.1 Å². The highest BCUT2D eigenvalue weighted by atomic mass is 16.6. The highest BCUT2D eigenvalue weighted by molar-refractivity contribution is 5.87. The summed E-state index contributed by atoms with van der Waals surface area (Å²) >= 11 is 0. The van der Waals surface area contributed by atoms with Crippen LogP contribution in [0, 0.1) is 0 Å². The molecule has 0 saturated carbocycles. The van der Waals surface area contributed by atoms with Gasteiger partial charge in [-0.15, -0.1) is 0 Å². The SMILES string of the molecule is C=C(C)C(=O)OC(C)(C)CC(C)(C)N=C=O. The first-order valence-electron chi connectivity index (χ1n) is 5.07. The molecule has 0 rings (SSSR count). The second-order valence-electron chi connectivity index (χ2n) is 5.12. The van der Waals surface area contributed by atoms with E-state index in [9.17, 15) is 9.59 Å². The number of carbonyl (C=O) groups is 1. The molecule has 0 aliphatic carbocycles. The van der Waals surface area contributed by atoms with Crippen LogP contribution < -0.4 is 0 Å². The van der Waals surface area contributed by atoms with Crippen molar-refractivity contribution in [2.24, 2.45) is 4.99 Å². The van der Waals surface area contributed by atoms with E-state index in [-0.39, 0.29) is 0 Å². The van der Waals surface area contributed by atoms with Crippen LogP contribution in [0.1, 0.15) is 41.0 Å². The molecule has 0 radical (unpaired) electrons. The van der Waals surface area contributed by atoms with E-state index in [1.165, 1.54) is 6.08 Å². The number of rotatable bonds is 5. The van der Waals surface area contributed by atoms with Gasteiger partial charge >= 0.3 is 5.97 Å². The Morgan fingerprint density at radius 3 is 2.25 bits per heavy atom. The minimum absolute atomic E-state index is 0.352. The Kier molecular flexibility index (Phi) is 4.63. The number of aliphatic imine (C=N–C) groups is 1. The largest absolute Gasteiger partial charge is 0.456 e. The highest BCUT2D eigenvalue weighted by Crippen LogP contribution is 2.26. The van der Waals surface area contributed by atoms with Crippen LogP contribution in [0.3, 0.4) is 0 Å². The topological polar surface area (TPSA) is 55.7 Å². The first-order valence-corrected chi connectivity index (χ1v) is 5.07. The molecule has 0 atom stereocenters. The maximum absolute atomic E-state index is 11.4. The Morgan fingerprint density at radius 2 is 1.88 bits per heavy atom. The van der Waals surface area contributed by atoms with Crippen LogP contribution in [-0.2, 0) is 14.3 Å². The molecule has 0 aliphatic heterocycles. The summed E-state index contributed by atoms with van der Waals surface area (Å²) in [5.74, 6) is -0.434. The molecule has 90 valence electrons.